The fourth-order valence-corrected chi connectivity index (χ4v) is 4.42. The molecule has 0 radical (unpaired) electrons. The third-order valence-corrected chi connectivity index (χ3v) is 6.04. The van der Waals surface area contributed by atoms with Crippen molar-refractivity contribution in [1.82, 2.24) is 9.62 Å². The van der Waals surface area contributed by atoms with Crippen LogP contribution in [0.2, 0.25) is 0 Å². The molecule has 1 unspecified atom stereocenters. The largest absolute Gasteiger partial charge is 0.391 e. The zero-order valence-corrected chi connectivity index (χ0v) is 10.7. The molecule has 0 spiro atoms. The summed E-state index contributed by atoms with van der Waals surface area (Å²) in [6, 6.07) is 0. The maximum Gasteiger partial charge on any atom is 0.391 e. The zero-order chi connectivity index (χ0) is 13.4. The minimum absolute atomic E-state index is 0.0109. The Bertz CT molecular complexity index is 382. The number of rotatable bonds is 2. The highest BCUT2D eigenvalue weighted by atomic mass is 32.2. The highest BCUT2D eigenvalue weighted by Gasteiger charge is 2.44. The molecule has 2 aliphatic rings. The van der Waals surface area contributed by atoms with Crippen LogP contribution < -0.4 is 5.32 Å². The standard InChI is InChI=1S/C10H17F3N2O2S/c11-10(12,13)8-2-5-15(6-3-8)18(16,17)9-1-4-14-7-9/h8-9,14H,1-7H2. The van der Waals surface area contributed by atoms with E-state index in [0.29, 0.717) is 19.5 Å². The summed E-state index contributed by atoms with van der Waals surface area (Å²) < 4.78 is 63.0. The van der Waals surface area contributed by atoms with Gasteiger partial charge in [-0.3, -0.25) is 0 Å². The maximum atomic E-state index is 12.5. The van der Waals surface area contributed by atoms with Gasteiger partial charge in [-0.1, -0.05) is 0 Å². The van der Waals surface area contributed by atoms with Crippen LogP contribution in [0.25, 0.3) is 0 Å². The first kappa shape index (κ1) is 14.1. The van der Waals surface area contributed by atoms with Crippen molar-refractivity contribution >= 4 is 10.0 Å². The van der Waals surface area contributed by atoms with Crippen molar-refractivity contribution < 1.29 is 21.6 Å². The molecule has 106 valence electrons. The maximum absolute atomic E-state index is 12.5. The summed E-state index contributed by atoms with van der Waals surface area (Å²) in [6.07, 6.45) is -3.90. The lowest BCUT2D eigenvalue weighted by Gasteiger charge is -2.33. The molecule has 2 fully saturated rings. The van der Waals surface area contributed by atoms with Crippen LogP contribution in [0.15, 0.2) is 0 Å². The third kappa shape index (κ3) is 2.80. The smallest absolute Gasteiger partial charge is 0.315 e. The molecule has 0 amide bonds. The Morgan fingerprint density at radius 2 is 1.72 bits per heavy atom. The van der Waals surface area contributed by atoms with Crippen LogP contribution in [0.1, 0.15) is 19.3 Å². The van der Waals surface area contributed by atoms with Crippen molar-refractivity contribution in [2.24, 2.45) is 5.92 Å². The van der Waals surface area contributed by atoms with Crippen LogP contribution in [-0.4, -0.2) is 50.3 Å². The predicted molar refractivity (Wildman–Crippen MR) is 60.5 cm³/mol. The second kappa shape index (κ2) is 4.97. The van der Waals surface area contributed by atoms with Gasteiger partial charge in [0.25, 0.3) is 0 Å². The van der Waals surface area contributed by atoms with Crippen molar-refractivity contribution in [2.45, 2.75) is 30.7 Å². The summed E-state index contributed by atoms with van der Waals surface area (Å²) in [4.78, 5) is 0. The number of halogens is 3. The molecular weight excluding hydrogens is 269 g/mol. The summed E-state index contributed by atoms with van der Waals surface area (Å²) in [6.45, 7) is 1.04. The number of hydrogen-bond acceptors (Lipinski definition) is 3. The lowest BCUT2D eigenvalue weighted by molar-refractivity contribution is -0.182. The number of piperidine rings is 1. The van der Waals surface area contributed by atoms with Crippen LogP contribution in [-0.2, 0) is 10.0 Å². The van der Waals surface area contributed by atoms with E-state index in [1.165, 1.54) is 4.31 Å². The Labute approximate surface area is 105 Å². The topological polar surface area (TPSA) is 49.4 Å². The van der Waals surface area contributed by atoms with Crippen LogP contribution in [0, 0.1) is 5.92 Å². The summed E-state index contributed by atoms with van der Waals surface area (Å²) in [5, 5.41) is 2.49. The highest BCUT2D eigenvalue weighted by Crippen LogP contribution is 2.35. The number of alkyl halides is 3. The van der Waals surface area contributed by atoms with Gasteiger partial charge < -0.3 is 5.32 Å². The van der Waals surface area contributed by atoms with E-state index in [4.69, 9.17) is 0 Å². The van der Waals surface area contributed by atoms with Gasteiger partial charge >= 0.3 is 6.18 Å². The molecular formula is C10H17F3N2O2S. The van der Waals surface area contributed by atoms with Gasteiger partial charge in [0.15, 0.2) is 0 Å². The second-order valence-electron chi connectivity index (χ2n) is 4.87. The fraction of sp³-hybridized carbons (Fsp3) is 1.00. The van der Waals surface area contributed by atoms with Crippen LogP contribution in [0.5, 0.6) is 0 Å². The predicted octanol–water partition coefficient (Wildman–Crippen LogP) is 0.952. The third-order valence-electron chi connectivity index (χ3n) is 3.71. The summed E-state index contributed by atoms with van der Waals surface area (Å²) in [5.74, 6) is -1.36. The fourth-order valence-electron chi connectivity index (χ4n) is 2.53. The van der Waals surface area contributed by atoms with Gasteiger partial charge in [0.2, 0.25) is 10.0 Å². The molecule has 0 aromatic carbocycles. The molecule has 1 N–H and O–H groups in total. The number of sulfonamides is 1. The monoisotopic (exact) mass is 286 g/mol. The van der Waals surface area contributed by atoms with Gasteiger partial charge in [0.05, 0.1) is 11.2 Å². The van der Waals surface area contributed by atoms with Gasteiger partial charge in [-0.25, -0.2) is 12.7 Å². The van der Waals surface area contributed by atoms with Crippen molar-refractivity contribution in [1.29, 1.82) is 0 Å². The van der Waals surface area contributed by atoms with E-state index in [2.05, 4.69) is 5.32 Å². The molecule has 0 saturated carbocycles. The normalized spacial score (nSPS) is 28.7. The number of nitrogens with one attached hydrogen (secondary N) is 1. The average molecular weight is 286 g/mol. The summed E-state index contributed by atoms with van der Waals surface area (Å²) >= 11 is 0. The van der Waals surface area contributed by atoms with Crippen LogP contribution >= 0.6 is 0 Å². The molecule has 0 bridgehead atoms. The Balaban J connectivity index is 1.97. The minimum atomic E-state index is -4.20. The van der Waals surface area contributed by atoms with Gasteiger partial charge in [0, 0.05) is 19.6 Å². The van der Waals surface area contributed by atoms with Crippen molar-refractivity contribution in [3.63, 3.8) is 0 Å². The van der Waals surface area contributed by atoms with E-state index in [0.717, 1.165) is 0 Å². The van der Waals surface area contributed by atoms with Gasteiger partial charge in [0.1, 0.15) is 0 Å². The second-order valence-corrected chi connectivity index (χ2v) is 7.09. The molecule has 18 heavy (non-hydrogen) atoms. The lowest BCUT2D eigenvalue weighted by Crippen LogP contribution is -2.46. The molecule has 2 heterocycles. The summed E-state index contributed by atoms with van der Waals surface area (Å²) in [7, 11) is -3.43. The Morgan fingerprint density at radius 3 is 2.17 bits per heavy atom. The Kier molecular flexibility index (Phi) is 3.89. The van der Waals surface area contributed by atoms with E-state index in [1.54, 1.807) is 0 Å². The van der Waals surface area contributed by atoms with Crippen molar-refractivity contribution in [2.75, 3.05) is 26.2 Å². The highest BCUT2D eigenvalue weighted by molar-refractivity contribution is 7.89. The summed E-state index contributed by atoms with van der Waals surface area (Å²) in [5.41, 5.74) is 0. The Morgan fingerprint density at radius 1 is 1.11 bits per heavy atom. The van der Waals surface area contributed by atoms with Gasteiger partial charge in [-0.15, -0.1) is 0 Å². The molecule has 0 aromatic rings. The van der Waals surface area contributed by atoms with E-state index in [9.17, 15) is 21.6 Å². The van der Waals surface area contributed by atoms with Crippen LogP contribution in [0.4, 0.5) is 13.2 Å². The number of nitrogens with zero attached hydrogens (tertiary/aromatic N) is 1. The van der Waals surface area contributed by atoms with E-state index >= 15 is 0 Å². The minimum Gasteiger partial charge on any atom is -0.315 e. The first-order chi connectivity index (χ1) is 8.32. The average Bonchev–Trinajstić information content (AvgIpc) is 2.82. The molecule has 2 aliphatic heterocycles. The van der Waals surface area contributed by atoms with Crippen molar-refractivity contribution in [3.05, 3.63) is 0 Å². The molecule has 1 atom stereocenters. The SMILES string of the molecule is O=S(=O)(C1CCNC1)N1CCC(C(F)(F)F)CC1. The first-order valence-corrected chi connectivity index (χ1v) is 7.58. The van der Waals surface area contributed by atoms with Gasteiger partial charge in [-0.05, 0) is 25.8 Å². The molecule has 2 rings (SSSR count). The molecule has 8 heteroatoms. The first-order valence-electron chi connectivity index (χ1n) is 6.08. The number of hydrogen-bond donors (Lipinski definition) is 1. The quantitative estimate of drug-likeness (QED) is 0.822. The molecule has 4 nitrogen and oxygen atoms in total. The van der Waals surface area contributed by atoms with E-state index < -0.39 is 27.4 Å². The molecule has 2 saturated heterocycles. The van der Waals surface area contributed by atoms with E-state index in [1.807, 2.05) is 0 Å². The van der Waals surface area contributed by atoms with Crippen molar-refractivity contribution in [3.8, 4) is 0 Å². The Hall–Kier alpha value is -0.340. The van der Waals surface area contributed by atoms with E-state index in [-0.39, 0.29) is 25.9 Å². The molecule has 0 aliphatic carbocycles. The zero-order valence-electron chi connectivity index (χ0n) is 9.91. The molecule has 0 aromatic heterocycles. The van der Waals surface area contributed by atoms with Gasteiger partial charge in [-0.2, -0.15) is 13.2 Å². The lowest BCUT2D eigenvalue weighted by atomic mass is 9.98. The van der Waals surface area contributed by atoms with Crippen LogP contribution in [0.3, 0.4) is 0 Å².